The monoisotopic (exact) mass is 656 g/mol. The molecule has 48 heavy (non-hydrogen) atoms. The molecule has 3 saturated carbocycles. The van der Waals surface area contributed by atoms with E-state index in [1.807, 2.05) is 60.7 Å². The summed E-state index contributed by atoms with van der Waals surface area (Å²) in [7, 11) is 0. The summed E-state index contributed by atoms with van der Waals surface area (Å²) in [6.07, 6.45) is 0.771. The number of benzene rings is 2. The highest BCUT2D eigenvalue weighted by Crippen LogP contribution is 2.83. The van der Waals surface area contributed by atoms with Gasteiger partial charge in [-0.2, -0.15) is 0 Å². The Morgan fingerprint density at radius 1 is 0.979 bits per heavy atom. The Hall–Kier alpha value is -2.92. The van der Waals surface area contributed by atoms with E-state index in [0.717, 1.165) is 35.8 Å². The van der Waals surface area contributed by atoms with E-state index in [1.165, 1.54) is 0 Å². The van der Waals surface area contributed by atoms with Gasteiger partial charge in [-0.3, -0.25) is 9.53 Å². The highest BCUT2D eigenvalue weighted by Gasteiger charge is 2.85. The number of allylic oxidation sites excluding steroid dienone is 1. The summed E-state index contributed by atoms with van der Waals surface area (Å²) in [5.41, 5.74) is -0.516. The van der Waals surface area contributed by atoms with E-state index < -0.39 is 65.0 Å². The number of esters is 1. The first-order valence-corrected chi connectivity index (χ1v) is 17.6. The number of rotatable bonds is 9. The van der Waals surface area contributed by atoms with Crippen LogP contribution in [0.25, 0.3) is 0 Å². The third-order valence-electron chi connectivity index (χ3n) is 13.6. The third kappa shape index (κ3) is 3.67. The summed E-state index contributed by atoms with van der Waals surface area (Å²) in [5.74, 6) is -1.79. The molecular formula is C39H44O9. The van der Waals surface area contributed by atoms with Gasteiger partial charge < -0.3 is 34.0 Å². The molecule has 4 heterocycles. The maximum Gasteiger partial charge on any atom is 0.318 e. The van der Waals surface area contributed by atoms with Gasteiger partial charge in [-0.05, 0) is 60.0 Å². The summed E-state index contributed by atoms with van der Waals surface area (Å²) in [5, 5.41) is 22.0. The van der Waals surface area contributed by atoms with Crippen molar-refractivity contribution in [1.29, 1.82) is 0 Å². The number of aliphatic hydroxyl groups excluding tert-OH is 2. The summed E-state index contributed by atoms with van der Waals surface area (Å²) in [4.78, 5) is 29.7. The lowest BCUT2D eigenvalue weighted by Gasteiger charge is -2.59. The molecule has 4 aliphatic heterocycles. The minimum atomic E-state index is -1.84. The average Bonchev–Trinajstić information content (AvgIpc) is 3.83. The summed E-state index contributed by atoms with van der Waals surface area (Å²) >= 11 is 0. The Morgan fingerprint density at radius 2 is 1.67 bits per heavy atom. The Labute approximate surface area is 280 Å². The lowest BCUT2D eigenvalue weighted by atomic mass is 9.43. The maximum absolute atomic E-state index is 15.7. The van der Waals surface area contributed by atoms with E-state index in [0.29, 0.717) is 18.8 Å². The molecule has 2 N–H and O–H groups in total. The number of carbonyl (C=O) groups excluding carboxylic acids is 2. The second-order valence-corrected chi connectivity index (χ2v) is 15.8. The van der Waals surface area contributed by atoms with Crippen molar-refractivity contribution in [3.05, 3.63) is 83.4 Å². The molecule has 9 heteroatoms. The Morgan fingerprint density at radius 3 is 2.29 bits per heavy atom. The van der Waals surface area contributed by atoms with E-state index in [-0.39, 0.29) is 30.3 Å². The van der Waals surface area contributed by atoms with Crippen LogP contribution in [0.3, 0.4) is 0 Å². The van der Waals surface area contributed by atoms with Crippen LogP contribution in [0.2, 0.25) is 0 Å². The van der Waals surface area contributed by atoms with Crippen molar-refractivity contribution >= 4 is 12.3 Å². The van der Waals surface area contributed by atoms with E-state index in [2.05, 4.69) is 26.8 Å². The van der Waals surface area contributed by atoms with E-state index in [4.69, 9.17) is 23.7 Å². The largest absolute Gasteiger partial charge is 0.452 e. The van der Waals surface area contributed by atoms with Gasteiger partial charge in [-0.15, -0.1) is 0 Å². The number of hydrogen-bond acceptors (Lipinski definition) is 9. The third-order valence-corrected chi connectivity index (χ3v) is 13.6. The molecule has 13 atom stereocenters. The van der Waals surface area contributed by atoms with Gasteiger partial charge in [0.25, 0.3) is 0 Å². The molecule has 9 nitrogen and oxygen atoms in total. The van der Waals surface area contributed by atoms with Gasteiger partial charge in [0.05, 0.1) is 12.0 Å². The molecule has 13 unspecified atom stereocenters. The Bertz CT molecular complexity index is 1610. The van der Waals surface area contributed by atoms with Gasteiger partial charge in [0.15, 0.2) is 18.5 Å². The Kier molecular flexibility index (Phi) is 6.83. The standard InChI is InChI=1S/C39H44O9/c1-21(2)28-16-25-17-36(19-40)27-15-14-22(3)26(27)18-37(25,20-44-39-33(42)31-29(41)32(47-39)34(45-31)48-39)38(28,36)35(43)46-30(23-10-6-4-7-11-23)24-12-8-5-9-13-24/h4-13,16,19,21-22,25-27,29-34,41-42H,14-15,17-18,20H2,1-3H3. The SMILES string of the molecule is CC(C)C1=CC2CC3(C=O)C4CCC(C)C4CC2(COC24OC5OC(C(O)C5O2)C4O)C13C(=O)OC(c1ccccc1)c1ccccc1. The normalized spacial score (nSPS) is 46.0. The lowest BCUT2D eigenvalue weighted by Crippen LogP contribution is -2.66. The van der Waals surface area contributed by atoms with Crippen molar-refractivity contribution in [3.8, 4) is 0 Å². The maximum atomic E-state index is 15.7. The number of hydrogen-bond donors (Lipinski definition) is 2. The van der Waals surface area contributed by atoms with Crippen LogP contribution in [0, 0.1) is 45.8 Å². The van der Waals surface area contributed by atoms with Crippen LogP contribution < -0.4 is 0 Å². The molecule has 10 rings (SSSR count). The zero-order valence-corrected chi connectivity index (χ0v) is 27.6. The van der Waals surface area contributed by atoms with Crippen LogP contribution in [-0.4, -0.2) is 65.8 Å². The average molecular weight is 657 g/mol. The van der Waals surface area contributed by atoms with E-state index >= 15 is 4.79 Å². The summed E-state index contributed by atoms with van der Waals surface area (Å²) in [6, 6.07) is 19.5. The first-order chi connectivity index (χ1) is 23.1. The number of fused-ring (bicyclic) bond motifs is 2. The molecule has 8 aliphatic rings. The number of carbonyl (C=O) groups is 2. The van der Waals surface area contributed by atoms with E-state index in [9.17, 15) is 15.0 Å². The van der Waals surface area contributed by atoms with Gasteiger partial charge >= 0.3 is 11.9 Å². The fraction of sp³-hybridized carbons (Fsp3) is 0.590. The van der Waals surface area contributed by atoms with Crippen molar-refractivity contribution in [3.63, 3.8) is 0 Å². The quantitative estimate of drug-likeness (QED) is 0.225. The van der Waals surface area contributed by atoms with Crippen LogP contribution in [-0.2, 0) is 33.3 Å². The van der Waals surface area contributed by atoms with Crippen molar-refractivity contribution in [2.24, 2.45) is 45.8 Å². The molecular weight excluding hydrogens is 612 g/mol. The predicted molar refractivity (Wildman–Crippen MR) is 171 cm³/mol. The topological polar surface area (TPSA) is 121 Å². The second kappa shape index (κ2) is 10.5. The number of aliphatic hydroxyl groups is 2. The highest BCUT2D eigenvalue weighted by molar-refractivity contribution is 5.92. The molecule has 2 aromatic rings. The molecule has 254 valence electrons. The lowest BCUT2D eigenvalue weighted by molar-refractivity contribution is -0.447. The summed E-state index contributed by atoms with van der Waals surface area (Å²) < 4.78 is 31.3. The predicted octanol–water partition coefficient (Wildman–Crippen LogP) is 4.71. The van der Waals surface area contributed by atoms with Gasteiger partial charge in [-0.25, -0.2) is 0 Å². The molecule has 4 saturated heterocycles. The number of aldehydes is 1. The van der Waals surface area contributed by atoms with Crippen molar-refractivity contribution in [2.75, 3.05) is 6.61 Å². The van der Waals surface area contributed by atoms with Crippen LogP contribution >= 0.6 is 0 Å². The zero-order valence-electron chi connectivity index (χ0n) is 27.6. The van der Waals surface area contributed by atoms with Crippen molar-refractivity contribution in [1.82, 2.24) is 0 Å². The molecule has 8 bridgehead atoms. The van der Waals surface area contributed by atoms with Crippen LogP contribution in [0.1, 0.15) is 63.7 Å². The van der Waals surface area contributed by atoms with Gasteiger partial charge in [-0.1, -0.05) is 99.5 Å². The Balaban J connectivity index is 1.19. The highest BCUT2D eigenvalue weighted by atomic mass is 17.0. The fourth-order valence-corrected chi connectivity index (χ4v) is 11.6. The van der Waals surface area contributed by atoms with Crippen LogP contribution in [0.4, 0.5) is 0 Å². The van der Waals surface area contributed by atoms with Crippen LogP contribution in [0.5, 0.6) is 0 Å². The molecule has 0 amide bonds. The minimum absolute atomic E-state index is 0.00563. The molecule has 0 radical (unpaired) electrons. The molecule has 2 aromatic carbocycles. The van der Waals surface area contributed by atoms with Crippen molar-refractivity contribution in [2.45, 2.75) is 89.2 Å². The fourth-order valence-electron chi connectivity index (χ4n) is 11.6. The van der Waals surface area contributed by atoms with Gasteiger partial charge in [0.2, 0.25) is 0 Å². The van der Waals surface area contributed by atoms with Crippen LogP contribution in [0.15, 0.2) is 72.3 Å². The first kappa shape index (κ1) is 31.1. The van der Waals surface area contributed by atoms with E-state index in [1.54, 1.807) is 0 Å². The molecule has 0 spiro atoms. The minimum Gasteiger partial charge on any atom is -0.452 e. The molecule has 4 aliphatic carbocycles. The van der Waals surface area contributed by atoms with Gasteiger partial charge in [0.1, 0.15) is 30.0 Å². The first-order valence-electron chi connectivity index (χ1n) is 17.6. The molecule has 7 fully saturated rings. The second-order valence-electron chi connectivity index (χ2n) is 15.8. The van der Waals surface area contributed by atoms with Gasteiger partial charge in [0, 0.05) is 5.41 Å². The molecule has 0 aromatic heterocycles. The zero-order chi connectivity index (χ0) is 33.2. The van der Waals surface area contributed by atoms with Crippen molar-refractivity contribution < 1.29 is 43.5 Å². The smallest absolute Gasteiger partial charge is 0.318 e. The summed E-state index contributed by atoms with van der Waals surface area (Å²) in [6.45, 7) is 6.45. The number of ether oxygens (including phenoxy) is 5.